The van der Waals surface area contributed by atoms with Crippen molar-refractivity contribution in [3.63, 3.8) is 0 Å². The molecule has 3 N–H and O–H groups in total. The molecule has 12 heteroatoms. The van der Waals surface area contributed by atoms with Gasteiger partial charge in [0.1, 0.15) is 10.3 Å². The number of hydrogen-bond acceptors (Lipinski definition) is 7. The number of nitrogens with one attached hydrogen (secondary N) is 2. The number of hydrogen-bond donors (Lipinski definition) is 3. The number of aliphatic hydroxyl groups is 1. The quantitative estimate of drug-likeness (QED) is 0.438. The number of nitrogens with zero attached hydrogens (tertiary/aromatic N) is 2. The van der Waals surface area contributed by atoms with Gasteiger partial charge in [-0.25, -0.2) is 13.2 Å². The molecule has 0 spiro atoms. The lowest BCUT2D eigenvalue weighted by molar-refractivity contribution is 0.0389. The summed E-state index contributed by atoms with van der Waals surface area (Å²) in [4.78, 5) is 28.1. The molecule has 0 bridgehead atoms. The van der Waals surface area contributed by atoms with Crippen molar-refractivity contribution in [2.45, 2.75) is 68.3 Å². The fraction of sp³-hybridized carbons (Fsp3) is 0.556. The second kappa shape index (κ2) is 12.7. The van der Waals surface area contributed by atoms with Gasteiger partial charge in [0.2, 0.25) is 0 Å². The molecule has 3 amide bonds. The van der Waals surface area contributed by atoms with Crippen molar-refractivity contribution in [1.29, 1.82) is 0 Å². The lowest BCUT2D eigenvalue weighted by Crippen LogP contribution is -2.50. The minimum Gasteiger partial charge on any atom is -0.486 e. The number of carbonyl (C=O) groups excluding carboxylic acids is 2. The van der Waals surface area contributed by atoms with Crippen LogP contribution in [0.2, 0.25) is 0 Å². The normalized spacial score (nSPS) is 21.5. The van der Waals surface area contributed by atoms with Crippen molar-refractivity contribution >= 4 is 39.0 Å². The van der Waals surface area contributed by atoms with E-state index in [0.717, 1.165) is 37.0 Å². The zero-order chi connectivity index (χ0) is 28.2. The predicted octanol–water partition coefficient (Wildman–Crippen LogP) is 3.74. The van der Waals surface area contributed by atoms with E-state index in [0.29, 0.717) is 5.69 Å². The number of para-hydroxylation sites is 1. The Morgan fingerprint density at radius 3 is 2.64 bits per heavy atom. The number of urea groups is 1. The molecule has 0 unspecified atom stereocenters. The van der Waals surface area contributed by atoms with Crippen LogP contribution in [0.4, 0.5) is 10.5 Å². The van der Waals surface area contributed by atoms with Crippen LogP contribution in [-0.2, 0) is 10.0 Å². The molecule has 214 valence electrons. The van der Waals surface area contributed by atoms with Crippen molar-refractivity contribution in [1.82, 2.24) is 14.5 Å². The summed E-state index contributed by atoms with van der Waals surface area (Å²) >= 11 is 1.14. The lowest BCUT2D eigenvalue weighted by atomic mass is 9.96. The summed E-state index contributed by atoms with van der Waals surface area (Å²) in [5.74, 6) is -0.427. The zero-order valence-corrected chi connectivity index (χ0v) is 24.3. The molecule has 1 aromatic heterocycles. The molecule has 1 aliphatic carbocycles. The highest BCUT2D eigenvalue weighted by Crippen LogP contribution is 2.35. The molecule has 0 radical (unpaired) electrons. The molecule has 39 heavy (non-hydrogen) atoms. The number of amides is 3. The average molecular weight is 579 g/mol. The number of ether oxygens (including phenoxy) is 1. The van der Waals surface area contributed by atoms with Gasteiger partial charge in [0.15, 0.2) is 5.75 Å². The zero-order valence-electron chi connectivity index (χ0n) is 22.6. The van der Waals surface area contributed by atoms with E-state index in [1.54, 1.807) is 47.5 Å². The Labute approximate surface area is 234 Å². The number of aliphatic hydroxyl groups excluding tert-OH is 1. The Morgan fingerprint density at radius 2 is 1.97 bits per heavy atom. The van der Waals surface area contributed by atoms with Gasteiger partial charge in [-0.2, -0.15) is 4.31 Å². The molecule has 10 nitrogen and oxygen atoms in total. The first-order chi connectivity index (χ1) is 18.6. The van der Waals surface area contributed by atoms with Crippen LogP contribution >= 0.6 is 11.3 Å². The largest absolute Gasteiger partial charge is 0.486 e. The number of anilines is 1. The summed E-state index contributed by atoms with van der Waals surface area (Å²) in [6.45, 7) is 3.70. The highest BCUT2D eigenvalue weighted by Gasteiger charge is 2.36. The number of fused-ring (bicyclic) bond motifs is 1. The molecule has 2 aliphatic rings. The molecule has 2 aromatic rings. The van der Waals surface area contributed by atoms with Crippen molar-refractivity contribution in [3.05, 3.63) is 41.3 Å². The molecule has 3 atom stereocenters. The van der Waals surface area contributed by atoms with Gasteiger partial charge in [-0.05, 0) is 43.3 Å². The molecule has 4 rings (SSSR count). The number of likely N-dealkylation sites (N-methyl/N-ethyl adjacent to an activating group) is 1. The maximum absolute atomic E-state index is 13.6. The summed E-state index contributed by atoms with van der Waals surface area (Å²) in [6.07, 6.45) is 4.52. The maximum Gasteiger partial charge on any atom is 0.319 e. The topological polar surface area (TPSA) is 128 Å². The number of benzene rings is 1. The summed E-state index contributed by atoms with van der Waals surface area (Å²) in [6, 6.07) is 7.46. The van der Waals surface area contributed by atoms with E-state index in [4.69, 9.17) is 4.74 Å². The number of sulfonamides is 1. The number of rotatable bonds is 8. The summed E-state index contributed by atoms with van der Waals surface area (Å²) in [5, 5.41) is 17.5. The van der Waals surface area contributed by atoms with Gasteiger partial charge in [-0.3, -0.25) is 4.79 Å². The van der Waals surface area contributed by atoms with Crippen LogP contribution in [0.15, 0.2) is 39.9 Å². The standard InChI is InChI=1S/C27H38N4O6S2/c1-18-15-31(19(2)17-32)26(33)21-11-7-12-22(29-27(34)28-20-9-5-4-6-10-20)25(21)37-23(18)16-30(3)39(35,36)24-13-8-14-38-24/h7-8,11-14,18-20,23,32H,4-6,9-10,15-17H2,1-3H3,(H2,28,29,34)/t18-,19-,23-/m0/s1. The van der Waals surface area contributed by atoms with E-state index in [9.17, 15) is 23.1 Å². The molecule has 2 heterocycles. The van der Waals surface area contributed by atoms with E-state index in [1.165, 1.54) is 17.8 Å². The van der Waals surface area contributed by atoms with Gasteiger partial charge >= 0.3 is 6.03 Å². The maximum atomic E-state index is 13.6. The Kier molecular flexibility index (Phi) is 9.52. The summed E-state index contributed by atoms with van der Waals surface area (Å²) in [7, 11) is -2.23. The van der Waals surface area contributed by atoms with Crippen molar-refractivity contribution in [3.8, 4) is 5.75 Å². The third-order valence-electron chi connectivity index (χ3n) is 7.48. The smallest absolute Gasteiger partial charge is 0.319 e. The minimum absolute atomic E-state index is 0.0268. The first kappa shape index (κ1) is 29.3. The fourth-order valence-electron chi connectivity index (χ4n) is 5.07. The highest BCUT2D eigenvalue weighted by atomic mass is 32.2. The minimum atomic E-state index is -3.74. The third-order valence-corrected chi connectivity index (χ3v) is 10.7. The van der Waals surface area contributed by atoms with Crippen LogP contribution < -0.4 is 15.4 Å². The van der Waals surface area contributed by atoms with E-state index < -0.39 is 22.2 Å². The van der Waals surface area contributed by atoms with E-state index in [2.05, 4.69) is 10.6 Å². The summed E-state index contributed by atoms with van der Waals surface area (Å²) < 4.78 is 34.2. The first-order valence-corrected chi connectivity index (χ1v) is 15.7. The van der Waals surface area contributed by atoms with Gasteiger partial charge in [-0.15, -0.1) is 11.3 Å². The van der Waals surface area contributed by atoms with E-state index >= 15 is 0 Å². The third kappa shape index (κ3) is 6.74. The molecule has 1 aliphatic heterocycles. The molecule has 1 saturated carbocycles. The van der Waals surface area contributed by atoms with Crippen LogP contribution in [0.5, 0.6) is 5.75 Å². The second-order valence-corrected chi connectivity index (χ2v) is 13.7. The molecular formula is C27H38N4O6S2. The number of carbonyl (C=O) groups is 2. The van der Waals surface area contributed by atoms with Crippen molar-refractivity contribution in [2.24, 2.45) is 5.92 Å². The first-order valence-electron chi connectivity index (χ1n) is 13.4. The highest BCUT2D eigenvalue weighted by molar-refractivity contribution is 7.91. The van der Waals surface area contributed by atoms with Crippen molar-refractivity contribution < 1.29 is 27.9 Å². The van der Waals surface area contributed by atoms with Gasteiger partial charge in [0.25, 0.3) is 15.9 Å². The second-order valence-electron chi connectivity index (χ2n) is 10.5. The van der Waals surface area contributed by atoms with Crippen molar-refractivity contribution in [2.75, 3.05) is 32.1 Å². The van der Waals surface area contributed by atoms with E-state index in [-0.39, 0.29) is 59.1 Å². The lowest BCUT2D eigenvalue weighted by Gasteiger charge is -2.38. The molecular weight excluding hydrogens is 540 g/mol. The van der Waals surface area contributed by atoms with Crippen LogP contribution in [0.25, 0.3) is 0 Å². The van der Waals surface area contributed by atoms with Gasteiger partial charge in [-0.1, -0.05) is 38.3 Å². The van der Waals surface area contributed by atoms with Crippen LogP contribution in [0.3, 0.4) is 0 Å². The Morgan fingerprint density at radius 1 is 1.23 bits per heavy atom. The fourth-order valence-corrected chi connectivity index (χ4v) is 7.45. The van der Waals surface area contributed by atoms with Gasteiger partial charge in [0, 0.05) is 25.6 Å². The Balaban J connectivity index is 1.65. The molecule has 1 fully saturated rings. The average Bonchev–Trinajstić information content (AvgIpc) is 3.47. The van der Waals surface area contributed by atoms with Crippen LogP contribution in [0, 0.1) is 5.92 Å². The number of thiophene rings is 1. The molecule has 1 aromatic carbocycles. The molecule has 0 saturated heterocycles. The Bertz CT molecular complexity index is 1250. The Hall–Kier alpha value is -2.67. The monoisotopic (exact) mass is 578 g/mol. The SMILES string of the molecule is C[C@H]1CN([C@@H](C)CO)C(=O)c2cccc(NC(=O)NC3CCCCC3)c2O[C@H]1CN(C)S(=O)(=O)c1cccs1. The van der Waals surface area contributed by atoms with Crippen LogP contribution in [-0.4, -0.2) is 79.6 Å². The van der Waals surface area contributed by atoms with E-state index in [1.807, 2.05) is 6.92 Å². The van der Waals surface area contributed by atoms with Gasteiger partial charge < -0.3 is 25.4 Å². The predicted molar refractivity (Wildman–Crippen MR) is 151 cm³/mol. The van der Waals surface area contributed by atoms with Crippen LogP contribution in [0.1, 0.15) is 56.3 Å². The van der Waals surface area contributed by atoms with Gasteiger partial charge in [0.05, 0.1) is 30.4 Å². The summed E-state index contributed by atoms with van der Waals surface area (Å²) in [5.41, 5.74) is 0.570.